The fourth-order valence-electron chi connectivity index (χ4n) is 5.47. The number of carbonyl (C=O) groups excluding carboxylic acids is 1. The quantitative estimate of drug-likeness (QED) is 0.779. The Labute approximate surface area is 175 Å². The van der Waals surface area contributed by atoms with Gasteiger partial charge in [0.1, 0.15) is 0 Å². The average molecular weight is 425 g/mol. The van der Waals surface area contributed by atoms with Gasteiger partial charge in [0.2, 0.25) is 5.91 Å². The second-order valence-corrected chi connectivity index (χ2v) is 8.73. The molecule has 0 aromatic heterocycles. The maximum Gasteiger partial charge on any atom is 0.416 e. The summed E-state index contributed by atoms with van der Waals surface area (Å²) in [5.41, 5.74) is -1.11. The monoisotopic (exact) mass is 425 g/mol. The van der Waals surface area contributed by atoms with Gasteiger partial charge in [-0.25, -0.2) is 0 Å². The van der Waals surface area contributed by atoms with E-state index in [1.807, 2.05) is 0 Å². The molecule has 4 rings (SSSR count). The van der Waals surface area contributed by atoms with E-state index in [4.69, 9.17) is 4.74 Å². The van der Waals surface area contributed by atoms with E-state index < -0.39 is 17.2 Å². The lowest BCUT2D eigenvalue weighted by Crippen LogP contribution is -2.60. The van der Waals surface area contributed by atoms with Crippen molar-refractivity contribution in [2.75, 3.05) is 39.4 Å². The van der Waals surface area contributed by atoms with Gasteiger partial charge in [-0.1, -0.05) is 18.2 Å². The molecule has 2 heterocycles. The van der Waals surface area contributed by atoms with Gasteiger partial charge >= 0.3 is 6.18 Å². The van der Waals surface area contributed by atoms with Crippen molar-refractivity contribution in [1.82, 2.24) is 15.5 Å². The van der Waals surface area contributed by atoms with Gasteiger partial charge in [0, 0.05) is 32.2 Å². The summed E-state index contributed by atoms with van der Waals surface area (Å²) in [6.45, 7) is 4.76. The first-order valence-corrected chi connectivity index (χ1v) is 10.9. The minimum atomic E-state index is -4.43. The number of morpholine rings is 1. The van der Waals surface area contributed by atoms with Crippen LogP contribution in [0.15, 0.2) is 24.3 Å². The Bertz CT molecular complexity index is 751. The molecule has 1 amide bonds. The molecule has 1 aromatic carbocycles. The number of piperidine rings is 1. The smallest absolute Gasteiger partial charge is 0.379 e. The normalized spacial score (nSPS) is 30.5. The number of nitrogens with one attached hydrogen (secondary N) is 2. The van der Waals surface area contributed by atoms with E-state index >= 15 is 0 Å². The SMILES string of the molecule is O=C(NCc1ccccc1C(F)(F)F)[C@@]12CC[C@H](N3CCOCC3)C[C@H]1CCNC2. The van der Waals surface area contributed by atoms with Crippen molar-refractivity contribution in [3.8, 4) is 0 Å². The van der Waals surface area contributed by atoms with Crippen LogP contribution in [-0.4, -0.2) is 56.2 Å². The summed E-state index contributed by atoms with van der Waals surface area (Å²) < 4.78 is 45.3. The van der Waals surface area contributed by atoms with E-state index in [1.165, 1.54) is 12.1 Å². The Kier molecular flexibility index (Phi) is 6.36. The Morgan fingerprint density at radius 1 is 1.23 bits per heavy atom. The van der Waals surface area contributed by atoms with E-state index in [9.17, 15) is 18.0 Å². The Morgan fingerprint density at radius 2 is 2.00 bits per heavy atom. The van der Waals surface area contributed by atoms with Crippen LogP contribution in [0.1, 0.15) is 36.8 Å². The largest absolute Gasteiger partial charge is 0.416 e. The van der Waals surface area contributed by atoms with Crippen molar-refractivity contribution in [2.24, 2.45) is 11.3 Å². The predicted octanol–water partition coefficient (Wildman–Crippen LogP) is 2.80. The lowest BCUT2D eigenvalue weighted by atomic mass is 9.61. The van der Waals surface area contributed by atoms with Crippen molar-refractivity contribution < 1.29 is 22.7 Å². The van der Waals surface area contributed by atoms with Crippen LogP contribution in [0.2, 0.25) is 0 Å². The van der Waals surface area contributed by atoms with Crippen LogP contribution in [0, 0.1) is 11.3 Å². The van der Waals surface area contributed by atoms with Gasteiger partial charge < -0.3 is 15.4 Å². The number of nitrogens with zero attached hydrogens (tertiary/aromatic N) is 1. The summed E-state index contributed by atoms with van der Waals surface area (Å²) >= 11 is 0. The van der Waals surface area contributed by atoms with Gasteiger partial charge in [-0.3, -0.25) is 9.69 Å². The van der Waals surface area contributed by atoms with Crippen LogP contribution >= 0.6 is 0 Å². The molecule has 0 spiro atoms. The lowest BCUT2D eigenvalue weighted by Gasteiger charge is -2.51. The Hall–Kier alpha value is -1.64. The maximum atomic E-state index is 13.3. The summed E-state index contributed by atoms with van der Waals surface area (Å²) in [7, 11) is 0. The number of carbonyl (C=O) groups is 1. The van der Waals surface area contributed by atoms with E-state index in [1.54, 1.807) is 6.07 Å². The molecule has 0 radical (unpaired) electrons. The highest BCUT2D eigenvalue weighted by molar-refractivity contribution is 5.83. The summed E-state index contributed by atoms with van der Waals surface area (Å²) in [4.78, 5) is 15.8. The second kappa shape index (κ2) is 8.85. The molecule has 2 saturated heterocycles. The zero-order chi connectivity index (χ0) is 21.2. The molecule has 3 aliphatic rings. The van der Waals surface area contributed by atoms with Crippen molar-refractivity contribution in [3.05, 3.63) is 35.4 Å². The number of hydrogen-bond donors (Lipinski definition) is 2. The second-order valence-electron chi connectivity index (χ2n) is 8.73. The van der Waals surface area contributed by atoms with Crippen LogP contribution in [0.3, 0.4) is 0 Å². The molecule has 2 aliphatic heterocycles. The minimum Gasteiger partial charge on any atom is -0.379 e. The molecule has 0 bridgehead atoms. The van der Waals surface area contributed by atoms with Gasteiger partial charge in [0.05, 0.1) is 24.2 Å². The number of ether oxygens (including phenoxy) is 1. The fourth-order valence-corrected chi connectivity index (χ4v) is 5.47. The summed E-state index contributed by atoms with van der Waals surface area (Å²) in [6, 6.07) is 5.92. The van der Waals surface area contributed by atoms with E-state index in [-0.39, 0.29) is 23.9 Å². The van der Waals surface area contributed by atoms with Crippen LogP contribution < -0.4 is 10.6 Å². The molecular weight excluding hydrogens is 395 g/mol. The molecule has 8 heteroatoms. The number of alkyl halides is 3. The minimum absolute atomic E-state index is 0.101. The highest BCUT2D eigenvalue weighted by atomic mass is 19.4. The number of halogens is 3. The number of fused-ring (bicyclic) bond motifs is 1. The van der Waals surface area contributed by atoms with Gasteiger partial charge in [0.15, 0.2) is 0 Å². The molecule has 3 atom stereocenters. The maximum absolute atomic E-state index is 13.3. The summed E-state index contributed by atoms with van der Waals surface area (Å²) in [6.07, 6.45) is -0.837. The zero-order valence-corrected chi connectivity index (χ0v) is 17.1. The van der Waals surface area contributed by atoms with Crippen molar-refractivity contribution in [3.63, 3.8) is 0 Å². The fraction of sp³-hybridized carbons (Fsp3) is 0.682. The Balaban J connectivity index is 1.45. The van der Waals surface area contributed by atoms with Crippen LogP contribution in [0.4, 0.5) is 13.2 Å². The number of rotatable bonds is 4. The van der Waals surface area contributed by atoms with Crippen LogP contribution in [0.25, 0.3) is 0 Å². The molecule has 166 valence electrons. The topological polar surface area (TPSA) is 53.6 Å². The first-order valence-electron chi connectivity index (χ1n) is 10.9. The molecular formula is C22H30F3N3O2. The molecule has 3 fully saturated rings. The first-order chi connectivity index (χ1) is 14.4. The van der Waals surface area contributed by atoms with Crippen molar-refractivity contribution in [2.45, 2.75) is 44.4 Å². The standard InChI is InChI=1S/C22H30F3N3O2/c23-22(24,25)19-4-2-1-3-16(19)14-27-20(29)21-7-5-18(28-9-11-30-12-10-28)13-17(21)6-8-26-15-21/h1-4,17-18,26H,5-15H2,(H,27,29)/t17-,18+,21-/m1/s1. The molecule has 1 aromatic rings. The van der Waals surface area contributed by atoms with Gasteiger partial charge in [-0.2, -0.15) is 13.2 Å². The number of hydrogen-bond acceptors (Lipinski definition) is 4. The van der Waals surface area contributed by atoms with Crippen molar-refractivity contribution in [1.29, 1.82) is 0 Å². The Morgan fingerprint density at radius 3 is 2.77 bits per heavy atom. The third-order valence-electron chi connectivity index (χ3n) is 7.15. The third-order valence-corrected chi connectivity index (χ3v) is 7.15. The van der Waals surface area contributed by atoms with Crippen molar-refractivity contribution >= 4 is 5.91 Å². The third kappa shape index (κ3) is 4.36. The zero-order valence-electron chi connectivity index (χ0n) is 17.1. The van der Waals surface area contributed by atoms with E-state index in [0.717, 1.165) is 64.6 Å². The molecule has 0 unspecified atom stereocenters. The van der Waals surface area contributed by atoms with Crippen LogP contribution in [-0.2, 0) is 22.3 Å². The summed E-state index contributed by atoms with van der Waals surface area (Å²) in [5, 5.41) is 6.21. The van der Waals surface area contributed by atoms with Gasteiger partial charge in [0.25, 0.3) is 0 Å². The van der Waals surface area contributed by atoms with Crippen LogP contribution in [0.5, 0.6) is 0 Å². The highest BCUT2D eigenvalue weighted by Crippen LogP contribution is 2.46. The number of benzene rings is 1. The lowest BCUT2D eigenvalue weighted by molar-refractivity contribution is -0.142. The van der Waals surface area contributed by atoms with E-state index in [0.29, 0.717) is 12.6 Å². The molecule has 30 heavy (non-hydrogen) atoms. The van der Waals surface area contributed by atoms with Gasteiger partial charge in [-0.15, -0.1) is 0 Å². The number of amides is 1. The molecule has 1 aliphatic carbocycles. The highest BCUT2D eigenvalue weighted by Gasteiger charge is 2.50. The molecule has 1 saturated carbocycles. The average Bonchev–Trinajstić information content (AvgIpc) is 2.77. The molecule has 5 nitrogen and oxygen atoms in total. The molecule has 2 N–H and O–H groups in total. The summed E-state index contributed by atoms with van der Waals surface area (Å²) in [5.74, 6) is 0.135. The first kappa shape index (κ1) is 21.6. The predicted molar refractivity (Wildman–Crippen MR) is 107 cm³/mol. The van der Waals surface area contributed by atoms with Gasteiger partial charge in [-0.05, 0) is 49.8 Å². The van der Waals surface area contributed by atoms with E-state index in [2.05, 4.69) is 15.5 Å².